The maximum absolute atomic E-state index is 13.7. The molecule has 0 radical (unpaired) electrons. The van der Waals surface area contributed by atoms with Gasteiger partial charge in [-0.15, -0.1) is 0 Å². The Kier molecular flexibility index (Phi) is 6.18. The molecule has 3 rings (SSSR count). The summed E-state index contributed by atoms with van der Waals surface area (Å²) in [5.41, 5.74) is 0.197. The van der Waals surface area contributed by atoms with Crippen LogP contribution in [0, 0.1) is 5.82 Å². The van der Waals surface area contributed by atoms with Crippen LogP contribution < -0.4 is 14.8 Å². The van der Waals surface area contributed by atoms with Gasteiger partial charge in [0.05, 0.1) is 12.3 Å². The number of fused-ring (bicyclic) bond motifs is 1. The van der Waals surface area contributed by atoms with Crippen molar-refractivity contribution in [3.63, 3.8) is 0 Å². The average molecular weight is 421 g/mol. The van der Waals surface area contributed by atoms with Crippen LogP contribution in [0.3, 0.4) is 0 Å². The van der Waals surface area contributed by atoms with Gasteiger partial charge in [0.2, 0.25) is 15.9 Å². The lowest BCUT2D eigenvalue weighted by Crippen LogP contribution is -2.37. The Balaban J connectivity index is 1.58. The minimum atomic E-state index is -3.68. The number of hydrogen-bond acceptors (Lipinski definition) is 5. The Morgan fingerprint density at radius 1 is 1.31 bits per heavy atom. The van der Waals surface area contributed by atoms with E-state index in [1.54, 1.807) is 24.3 Å². The number of ether oxygens (including phenoxy) is 1. The lowest BCUT2D eigenvalue weighted by molar-refractivity contribution is -0.115. The number of hydrogen-bond donors (Lipinski definition) is 2. The van der Waals surface area contributed by atoms with Crippen LogP contribution in [0.4, 0.5) is 10.2 Å². The van der Waals surface area contributed by atoms with Crippen molar-refractivity contribution < 1.29 is 22.3 Å². The van der Waals surface area contributed by atoms with Crippen molar-refractivity contribution in [2.24, 2.45) is 0 Å². The third-order valence-corrected chi connectivity index (χ3v) is 6.01. The molecule has 2 N–H and O–H groups in total. The van der Waals surface area contributed by atoms with Gasteiger partial charge < -0.3 is 10.1 Å². The van der Waals surface area contributed by atoms with Crippen LogP contribution in [0.25, 0.3) is 0 Å². The number of pyridine rings is 1. The van der Waals surface area contributed by atoms with Gasteiger partial charge in [0, 0.05) is 11.8 Å². The summed E-state index contributed by atoms with van der Waals surface area (Å²) in [6.45, 7) is 3.45. The summed E-state index contributed by atoms with van der Waals surface area (Å²) >= 11 is 0. The SMILES string of the molecule is CC1(C)CC(CCS(=O)(=O)NCC(=O)Nc2ccccn2)c2cc(F)ccc2O1. The summed E-state index contributed by atoms with van der Waals surface area (Å²) in [7, 11) is -3.68. The minimum absolute atomic E-state index is 0.164. The Hall–Kier alpha value is -2.52. The summed E-state index contributed by atoms with van der Waals surface area (Å²) in [4.78, 5) is 15.9. The molecule has 0 fully saturated rings. The van der Waals surface area contributed by atoms with Crippen molar-refractivity contribution in [3.8, 4) is 5.75 Å². The smallest absolute Gasteiger partial charge is 0.240 e. The Morgan fingerprint density at radius 2 is 2.10 bits per heavy atom. The number of amides is 1. The van der Waals surface area contributed by atoms with E-state index in [1.165, 1.54) is 18.3 Å². The highest BCUT2D eigenvalue weighted by atomic mass is 32.2. The van der Waals surface area contributed by atoms with E-state index in [1.807, 2.05) is 13.8 Å². The number of sulfonamides is 1. The third-order valence-electron chi connectivity index (χ3n) is 4.66. The maximum atomic E-state index is 13.7. The fourth-order valence-corrected chi connectivity index (χ4v) is 4.49. The number of anilines is 1. The summed E-state index contributed by atoms with van der Waals surface area (Å²) in [6, 6.07) is 9.33. The number of benzene rings is 1. The molecule has 0 saturated heterocycles. The largest absolute Gasteiger partial charge is 0.488 e. The highest BCUT2D eigenvalue weighted by Gasteiger charge is 2.34. The summed E-state index contributed by atoms with van der Waals surface area (Å²) in [5.74, 6) is -0.312. The Bertz CT molecular complexity index is 980. The van der Waals surface area contributed by atoms with Gasteiger partial charge in [0.1, 0.15) is 23.0 Å². The van der Waals surface area contributed by atoms with Crippen LogP contribution in [0.1, 0.15) is 38.2 Å². The van der Waals surface area contributed by atoms with E-state index in [2.05, 4.69) is 15.0 Å². The predicted octanol–water partition coefficient (Wildman–Crippen LogP) is 2.81. The van der Waals surface area contributed by atoms with Gasteiger partial charge in [-0.25, -0.2) is 22.5 Å². The summed E-state index contributed by atoms with van der Waals surface area (Å²) in [6.07, 6.45) is 2.38. The van der Waals surface area contributed by atoms with Gasteiger partial charge in [-0.1, -0.05) is 6.07 Å². The van der Waals surface area contributed by atoms with Crippen LogP contribution in [0.5, 0.6) is 5.75 Å². The zero-order valence-electron chi connectivity index (χ0n) is 16.3. The highest BCUT2D eigenvalue weighted by Crippen LogP contribution is 2.42. The molecule has 2 heterocycles. The molecule has 2 aromatic rings. The van der Waals surface area contributed by atoms with Crippen molar-refractivity contribution in [2.75, 3.05) is 17.6 Å². The Morgan fingerprint density at radius 3 is 2.83 bits per heavy atom. The van der Waals surface area contributed by atoms with Crippen molar-refractivity contribution in [2.45, 2.75) is 38.2 Å². The van der Waals surface area contributed by atoms with Crippen LogP contribution in [0.15, 0.2) is 42.6 Å². The lowest BCUT2D eigenvalue weighted by Gasteiger charge is -2.37. The molecule has 156 valence electrons. The normalized spacial score (nSPS) is 17.8. The maximum Gasteiger partial charge on any atom is 0.240 e. The molecule has 1 aliphatic rings. The lowest BCUT2D eigenvalue weighted by atomic mass is 9.83. The quantitative estimate of drug-likeness (QED) is 0.717. The molecule has 9 heteroatoms. The van der Waals surface area contributed by atoms with Gasteiger partial charge in [-0.2, -0.15) is 0 Å². The van der Waals surface area contributed by atoms with E-state index in [-0.39, 0.29) is 24.0 Å². The summed E-state index contributed by atoms with van der Waals surface area (Å²) < 4.78 is 46.6. The molecule has 1 atom stereocenters. The van der Waals surface area contributed by atoms with E-state index >= 15 is 0 Å². The fraction of sp³-hybridized carbons (Fsp3) is 0.400. The number of nitrogens with one attached hydrogen (secondary N) is 2. The van der Waals surface area contributed by atoms with Gasteiger partial charge >= 0.3 is 0 Å². The zero-order valence-corrected chi connectivity index (χ0v) is 17.1. The Labute approximate surface area is 169 Å². The molecule has 1 aromatic carbocycles. The topological polar surface area (TPSA) is 97.4 Å². The molecule has 0 bridgehead atoms. The third kappa shape index (κ3) is 5.98. The van der Waals surface area contributed by atoms with Crippen molar-refractivity contribution >= 4 is 21.7 Å². The van der Waals surface area contributed by atoms with Crippen molar-refractivity contribution in [1.29, 1.82) is 0 Å². The second-order valence-corrected chi connectivity index (χ2v) is 9.56. The number of rotatable bonds is 7. The van der Waals surface area contributed by atoms with Gasteiger partial charge in [-0.3, -0.25) is 4.79 Å². The van der Waals surface area contributed by atoms with E-state index in [4.69, 9.17) is 4.74 Å². The van der Waals surface area contributed by atoms with E-state index < -0.39 is 21.5 Å². The standard InChI is InChI=1S/C20H24FN3O4S/c1-20(2)12-14(16-11-15(21)6-7-17(16)28-20)8-10-29(26,27)23-13-19(25)24-18-5-3-4-9-22-18/h3-7,9,11,14,23H,8,10,12-13H2,1-2H3,(H,22,24,25). The summed E-state index contributed by atoms with van der Waals surface area (Å²) in [5, 5.41) is 2.51. The molecule has 0 saturated carbocycles. The zero-order chi connectivity index (χ0) is 21.1. The molecular formula is C20H24FN3O4S. The van der Waals surface area contributed by atoms with E-state index in [9.17, 15) is 17.6 Å². The molecule has 7 nitrogen and oxygen atoms in total. The first kappa shape index (κ1) is 21.2. The first-order valence-corrected chi connectivity index (χ1v) is 11.0. The van der Waals surface area contributed by atoms with Crippen LogP contribution in [-0.2, 0) is 14.8 Å². The van der Waals surface area contributed by atoms with Gasteiger partial charge in [0.25, 0.3) is 0 Å². The van der Waals surface area contributed by atoms with E-state index in [0.717, 1.165) is 0 Å². The van der Waals surface area contributed by atoms with Gasteiger partial charge in [-0.05, 0) is 62.9 Å². The monoisotopic (exact) mass is 421 g/mol. The molecule has 1 unspecified atom stereocenters. The minimum Gasteiger partial charge on any atom is -0.488 e. The number of aromatic nitrogens is 1. The first-order valence-electron chi connectivity index (χ1n) is 9.30. The second kappa shape index (κ2) is 8.46. The number of halogens is 1. The predicted molar refractivity (Wildman–Crippen MR) is 108 cm³/mol. The number of carbonyl (C=O) groups excluding carboxylic acids is 1. The molecule has 1 amide bonds. The molecule has 1 aliphatic heterocycles. The fourth-order valence-electron chi connectivity index (χ4n) is 3.40. The number of nitrogens with zero attached hydrogens (tertiary/aromatic N) is 1. The van der Waals surface area contributed by atoms with Crippen molar-refractivity contribution in [1.82, 2.24) is 9.71 Å². The van der Waals surface area contributed by atoms with Gasteiger partial charge in [0.15, 0.2) is 0 Å². The van der Waals surface area contributed by atoms with Crippen LogP contribution in [-0.4, -0.2) is 37.2 Å². The molecule has 29 heavy (non-hydrogen) atoms. The van der Waals surface area contributed by atoms with Crippen LogP contribution >= 0.6 is 0 Å². The average Bonchev–Trinajstić information content (AvgIpc) is 2.65. The molecule has 0 aliphatic carbocycles. The molecule has 0 spiro atoms. The first-order chi connectivity index (χ1) is 13.6. The second-order valence-electron chi connectivity index (χ2n) is 7.64. The highest BCUT2D eigenvalue weighted by molar-refractivity contribution is 7.89. The van der Waals surface area contributed by atoms with E-state index in [0.29, 0.717) is 30.0 Å². The molecular weight excluding hydrogens is 397 g/mol. The molecule has 1 aromatic heterocycles. The number of carbonyl (C=O) groups is 1. The van der Waals surface area contributed by atoms with Crippen molar-refractivity contribution in [3.05, 3.63) is 54.0 Å². The van der Waals surface area contributed by atoms with Crippen LogP contribution in [0.2, 0.25) is 0 Å².